The first-order chi connectivity index (χ1) is 18.1. The molecule has 2 aromatic heterocycles. The summed E-state index contributed by atoms with van der Waals surface area (Å²) in [6.07, 6.45) is 1.23. The smallest absolute Gasteiger partial charge is 0.250 e. The van der Waals surface area contributed by atoms with Gasteiger partial charge < -0.3 is 15.9 Å². The largest absolute Gasteiger partial charge is 0.459 e. The molecule has 6 nitrogen and oxygen atoms in total. The van der Waals surface area contributed by atoms with Crippen LogP contribution in [0.25, 0.3) is 11.0 Å². The second-order valence-corrected chi connectivity index (χ2v) is 10.3. The molecule has 2 saturated heterocycles. The van der Waals surface area contributed by atoms with Gasteiger partial charge in [-0.1, -0.05) is 35.9 Å². The fourth-order valence-electron chi connectivity index (χ4n) is 5.02. The summed E-state index contributed by atoms with van der Waals surface area (Å²) in [5, 5.41) is 1.43. The fraction of sp³-hybridized carbons (Fsp3) is 0.519. The second-order valence-electron chi connectivity index (χ2n) is 9.89. The highest BCUT2D eigenvalue weighted by Crippen LogP contribution is 2.34. The summed E-state index contributed by atoms with van der Waals surface area (Å²) in [5.74, 6) is -4.31. The first kappa shape index (κ1) is 28.8. The van der Waals surface area contributed by atoms with Crippen LogP contribution in [-0.4, -0.2) is 65.9 Å². The number of rotatable bonds is 6. The van der Waals surface area contributed by atoms with E-state index in [1.807, 2.05) is 46.2 Å². The van der Waals surface area contributed by atoms with Crippen LogP contribution in [0.4, 0.5) is 17.6 Å². The number of pyridine rings is 1. The molecule has 0 amide bonds. The molecule has 0 saturated carbocycles. The Morgan fingerprint density at radius 1 is 0.842 bits per heavy atom. The zero-order valence-electron chi connectivity index (χ0n) is 21.1. The van der Waals surface area contributed by atoms with Gasteiger partial charge in [0.25, 0.3) is 11.8 Å². The van der Waals surface area contributed by atoms with Crippen molar-refractivity contribution < 1.29 is 22.0 Å². The van der Waals surface area contributed by atoms with Gasteiger partial charge in [0.1, 0.15) is 16.5 Å². The van der Waals surface area contributed by atoms with Crippen LogP contribution in [0.5, 0.6) is 0 Å². The maximum atomic E-state index is 13.2. The molecule has 2 unspecified atom stereocenters. The Balaban J connectivity index is 0.000000178. The minimum absolute atomic E-state index is 0.0640. The van der Waals surface area contributed by atoms with Gasteiger partial charge >= 0.3 is 0 Å². The number of furan rings is 1. The quantitative estimate of drug-likeness (QED) is 0.303. The van der Waals surface area contributed by atoms with Crippen molar-refractivity contribution in [3.63, 3.8) is 0 Å². The molecule has 0 aliphatic carbocycles. The number of piperidine rings is 2. The van der Waals surface area contributed by atoms with Crippen molar-refractivity contribution in [3.05, 3.63) is 65.1 Å². The maximum absolute atomic E-state index is 13.2. The van der Waals surface area contributed by atoms with Crippen molar-refractivity contribution in [1.82, 2.24) is 14.8 Å². The van der Waals surface area contributed by atoms with Crippen LogP contribution >= 0.6 is 11.6 Å². The van der Waals surface area contributed by atoms with Crippen LogP contribution in [0.3, 0.4) is 0 Å². The van der Waals surface area contributed by atoms with Gasteiger partial charge in [-0.3, -0.25) is 9.80 Å². The molecule has 4 heterocycles. The molecule has 3 aromatic rings. The number of nitrogens with two attached hydrogens (primary N) is 2. The van der Waals surface area contributed by atoms with Gasteiger partial charge in [0.05, 0.1) is 6.04 Å². The van der Waals surface area contributed by atoms with Crippen LogP contribution in [0.15, 0.2) is 53.1 Å². The molecule has 2 aliphatic rings. The molecule has 1 aromatic carbocycles. The number of fused-ring (bicyclic) bond motifs is 1. The average molecular weight is 556 g/mol. The van der Waals surface area contributed by atoms with Crippen molar-refractivity contribution in [3.8, 4) is 0 Å². The molecule has 0 bridgehead atoms. The van der Waals surface area contributed by atoms with Crippen LogP contribution in [0, 0.1) is 0 Å². The summed E-state index contributed by atoms with van der Waals surface area (Å²) in [7, 11) is 0. The Kier molecular flexibility index (Phi) is 9.31. The predicted octanol–water partition coefficient (Wildman–Crippen LogP) is 5.63. The Bertz CT molecular complexity index is 1120. The molecule has 38 heavy (non-hydrogen) atoms. The molecule has 2 fully saturated rings. The lowest BCUT2D eigenvalue weighted by Gasteiger charge is -2.37. The highest BCUT2D eigenvalue weighted by Gasteiger charge is 2.37. The van der Waals surface area contributed by atoms with Crippen LogP contribution in [0.1, 0.15) is 49.1 Å². The number of nitrogens with zero attached hydrogens (tertiary/aromatic N) is 3. The molecular weight excluding hydrogens is 522 g/mol. The minimum atomic E-state index is -2.54. The third-order valence-corrected chi connectivity index (χ3v) is 7.52. The third kappa shape index (κ3) is 7.24. The minimum Gasteiger partial charge on any atom is -0.459 e. The Labute approximate surface area is 224 Å². The molecule has 4 N–H and O–H groups in total. The van der Waals surface area contributed by atoms with Gasteiger partial charge in [-0.2, -0.15) is 0 Å². The van der Waals surface area contributed by atoms with Gasteiger partial charge in [-0.25, -0.2) is 22.5 Å². The van der Waals surface area contributed by atoms with E-state index in [1.54, 1.807) is 12.3 Å². The summed E-state index contributed by atoms with van der Waals surface area (Å²) in [4.78, 5) is 7.99. The first-order valence-corrected chi connectivity index (χ1v) is 13.2. The van der Waals surface area contributed by atoms with E-state index in [2.05, 4.69) is 4.98 Å². The average Bonchev–Trinajstić information content (AvgIpc) is 3.32. The van der Waals surface area contributed by atoms with Crippen LogP contribution in [-0.2, 0) is 0 Å². The third-order valence-electron chi connectivity index (χ3n) is 7.30. The van der Waals surface area contributed by atoms with Gasteiger partial charge in [0.2, 0.25) is 0 Å². The maximum Gasteiger partial charge on any atom is 0.250 e. The zero-order chi connectivity index (χ0) is 27.3. The summed E-state index contributed by atoms with van der Waals surface area (Å²) in [6.45, 7) is 2.17. The van der Waals surface area contributed by atoms with E-state index < -0.39 is 11.8 Å². The molecule has 0 radical (unpaired) electrons. The number of aromatic nitrogens is 1. The lowest BCUT2D eigenvalue weighted by molar-refractivity contribution is -0.0642. The molecular formula is C27H34ClF4N5O. The van der Waals surface area contributed by atoms with E-state index in [0.29, 0.717) is 44.4 Å². The van der Waals surface area contributed by atoms with Crippen LogP contribution < -0.4 is 11.5 Å². The topological polar surface area (TPSA) is 84.5 Å². The van der Waals surface area contributed by atoms with Gasteiger partial charge in [-0.05, 0) is 23.8 Å². The molecule has 2 atom stereocenters. The van der Waals surface area contributed by atoms with Crippen molar-refractivity contribution in [2.24, 2.45) is 11.5 Å². The molecule has 208 valence electrons. The Morgan fingerprint density at radius 3 is 1.89 bits per heavy atom. The molecule has 5 rings (SSSR count). The Hall–Kier alpha value is -2.24. The van der Waals surface area contributed by atoms with Crippen molar-refractivity contribution in [1.29, 1.82) is 0 Å². The number of hydrogen-bond acceptors (Lipinski definition) is 6. The molecule has 0 spiro atoms. The number of benzene rings is 1. The van der Waals surface area contributed by atoms with E-state index in [9.17, 15) is 17.6 Å². The number of halogens is 5. The number of hydrogen-bond donors (Lipinski definition) is 2. The van der Waals surface area contributed by atoms with Crippen molar-refractivity contribution in [2.75, 3.05) is 39.3 Å². The fourth-order valence-corrected chi connectivity index (χ4v) is 5.13. The lowest BCUT2D eigenvalue weighted by Crippen LogP contribution is -2.43. The van der Waals surface area contributed by atoms with Crippen molar-refractivity contribution in [2.45, 2.75) is 49.6 Å². The van der Waals surface area contributed by atoms with E-state index in [4.69, 9.17) is 27.5 Å². The summed E-state index contributed by atoms with van der Waals surface area (Å²) < 4.78 is 58.5. The van der Waals surface area contributed by atoms with E-state index >= 15 is 0 Å². The van der Waals surface area contributed by atoms with Gasteiger partial charge in [0.15, 0.2) is 0 Å². The predicted molar refractivity (Wildman–Crippen MR) is 141 cm³/mol. The second kappa shape index (κ2) is 12.3. The van der Waals surface area contributed by atoms with E-state index in [-0.39, 0.29) is 37.8 Å². The SMILES string of the molecule is NCC(c1cc2ccccc2o1)N1CCC(F)(F)CC1.NCC(c1ccc(Cl)nc1)N1CCC(F)(F)CC1. The zero-order valence-corrected chi connectivity index (χ0v) is 21.9. The standard InChI is InChI=1S/C15H18F2N2O.C12H16ClF2N3/c16-15(17)5-7-19(8-6-15)12(10-18)14-9-11-3-1-2-4-13(11)20-14;13-11-2-1-9(8-17-11)10(7-16)18-5-3-12(14,15)4-6-18/h1-4,9,12H,5-8,10,18H2;1-2,8,10H,3-7,16H2. The summed E-state index contributed by atoms with van der Waals surface area (Å²) in [6, 6.07) is 13.0. The highest BCUT2D eigenvalue weighted by molar-refractivity contribution is 6.29. The van der Waals surface area contributed by atoms with Crippen LogP contribution in [0.2, 0.25) is 5.15 Å². The summed E-state index contributed by atoms with van der Waals surface area (Å²) in [5.41, 5.74) is 13.3. The lowest BCUT2D eigenvalue weighted by atomic mass is 10.0. The van der Waals surface area contributed by atoms with E-state index in [0.717, 1.165) is 22.3 Å². The molecule has 2 aliphatic heterocycles. The van der Waals surface area contributed by atoms with Crippen molar-refractivity contribution >= 4 is 22.6 Å². The first-order valence-electron chi connectivity index (χ1n) is 12.8. The Morgan fingerprint density at radius 2 is 1.39 bits per heavy atom. The van der Waals surface area contributed by atoms with E-state index in [1.165, 1.54) is 0 Å². The van der Waals surface area contributed by atoms with Gasteiger partial charge in [0, 0.05) is 82.6 Å². The number of likely N-dealkylation sites (tertiary alicyclic amines) is 2. The highest BCUT2D eigenvalue weighted by atomic mass is 35.5. The number of para-hydroxylation sites is 1. The number of alkyl halides is 4. The normalized spacial score (nSPS) is 21.4. The molecule has 11 heteroatoms. The van der Waals surface area contributed by atoms with Gasteiger partial charge in [-0.15, -0.1) is 0 Å². The monoisotopic (exact) mass is 555 g/mol. The summed E-state index contributed by atoms with van der Waals surface area (Å²) >= 11 is 5.73.